The number of rotatable bonds is 8. The first-order valence-electron chi connectivity index (χ1n) is 6.50. The predicted molar refractivity (Wildman–Crippen MR) is 74.0 cm³/mol. The zero-order valence-electron chi connectivity index (χ0n) is 10.9. The summed E-state index contributed by atoms with van der Waals surface area (Å²) >= 11 is 1.32. The van der Waals surface area contributed by atoms with E-state index in [0.717, 1.165) is 6.54 Å². The molecule has 1 aliphatic rings. The minimum Gasteiger partial charge on any atom is -0.350 e. The van der Waals surface area contributed by atoms with Crippen LogP contribution in [0.1, 0.15) is 45.4 Å². The van der Waals surface area contributed by atoms with Crippen LogP contribution in [0, 0.1) is 10.7 Å². The van der Waals surface area contributed by atoms with E-state index in [2.05, 4.69) is 28.3 Å². The fourth-order valence-electron chi connectivity index (χ4n) is 2.03. The fraction of sp³-hybridized carbons (Fsp3) is 0.769. The summed E-state index contributed by atoms with van der Waals surface area (Å²) in [5, 5.41) is 10.9. The molecular formula is C13H23N3S. The molecule has 4 heteroatoms. The molecule has 1 unspecified atom stereocenters. The third-order valence-electron chi connectivity index (χ3n) is 3.05. The van der Waals surface area contributed by atoms with Gasteiger partial charge in [-0.15, -0.1) is 0 Å². The van der Waals surface area contributed by atoms with Crippen molar-refractivity contribution in [1.29, 1.82) is 5.26 Å². The maximum atomic E-state index is 8.76. The SMILES string of the molecule is CCCCCCCCN1C=CN(C)C1SC#N. The molecule has 1 heterocycles. The normalized spacial score (nSPS) is 18.8. The molecule has 1 rings (SSSR count). The summed E-state index contributed by atoms with van der Waals surface area (Å²) in [6.45, 7) is 3.31. The Morgan fingerprint density at radius 3 is 2.59 bits per heavy atom. The van der Waals surface area contributed by atoms with Crippen molar-refractivity contribution in [2.45, 2.75) is 50.9 Å². The van der Waals surface area contributed by atoms with Gasteiger partial charge < -0.3 is 9.80 Å². The predicted octanol–water partition coefficient (Wildman–Crippen LogP) is 3.56. The lowest BCUT2D eigenvalue weighted by atomic mass is 10.1. The average Bonchev–Trinajstić information content (AvgIpc) is 2.66. The Balaban J connectivity index is 2.14. The van der Waals surface area contributed by atoms with Gasteiger partial charge in [-0.05, 0) is 6.42 Å². The monoisotopic (exact) mass is 253 g/mol. The molecule has 3 nitrogen and oxygen atoms in total. The van der Waals surface area contributed by atoms with Crippen LogP contribution in [0.25, 0.3) is 0 Å². The minimum absolute atomic E-state index is 0.177. The van der Waals surface area contributed by atoms with Gasteiger partial charge in [-0.3, -0.25) is 0 Å². The molecule has 0 spiro atoms. The first-order valence-corrected chi connectivity index (χ1v) is 7.38. The van der Waals surface area contributed by atoms with E-state index in [9.17, 15) is 0 Å². The highest BCUT2D eigenvalue weighted by Gasteiger charge is 2.23. The van der Waals surface area contributed by atoms with Crippen molar-refractivity contribution in [1.82, 2.24) is 9.80 Å². The van der Waals surface area contributed by atoms with Gasteiger partial charge >= 0.3 is 0 Å². The van der Waals surface area contributed by atoms with E-state index in [0.29, 0.717) is 0 Å². The molecule has 0 saturated heterocycles. The van der Waals surface area contributed by atoms with Crippen LogP contribution in [0.3, 0.4) is 0 Å². The van der Waals surface area contributed by atoms with Crippen LogP contribution in [0.4, 0.5) is 0 Å². The molecule has 0 fully saturated rings. The Hall–Kier alpha value is -0.820. The average molecular weight is 253 g/mol. The van der Waals surface area contributed by atoms with Crippen molar-refractivity contribution >= 4 is 11.8 Å². The minimum atomic E-state index is 0.177. The number of hydrogen-bond acceptors (Lipinski definition) is 4. The highest BCUT2D eigenvalue weighted by Crippen LogP contribution is 2.24. The molecule has 0 bridgehead atoms. The topological polar surface area (TPSA) is 30.3 Å². The van der Waals surface area contributed by atoms with E-state index in [-0.39, 0.29) is 5.50 Å². The summed E-state index contributed by atoms with van der Waals surface area (Å²) in [6, 6.07) is 0. The molecule has 0 aromatic rings. The van der Waals surface area contributed by atoms with Gasteiger partial charge in [0.15, 0.2) is 5.50 Å². The Labute approximate surface area is 109 Å². The maximum absolute atomic E-state index is 8.76. The number of nitriles is 1. The van der Waals surface area contributed by atoms with Gasteiger partial charge in [0.2, 0.25) is 0 Å². The Kier molecular flexibility index (Phi) is 6.95. The van der Waals surface area contributed by atoms with Gasteiger partial charge in [0.25, 0.3) is 0 Å². The number of nitrogens with zero attached hydrogens (tertiary/aromatic N) is 3. The molecular weight excluding hydrogens is 230 g/mol. The van der Waals surface area contributed by atoms with Crippen LogP contribution in [0.2, 0.25) is 0 Å². The van der Waals surface area contributed by atoms with Crippen molar-refractivity contribution < 1.29 is 0 Å². The van der Waals surface area contributed by atoms with Gasteiger partial charge in [0, 0.05) is 37.8 Å². The lowest BCUT2D eigenvalue weighted by Crippen LogP contribution is -2.33. The fourth-order valence-corrected chi connectivity index (χ4v) is 2.67. The van der Waals surface area contributed by atoms with Gasteiger partial charge in [-0.25, -0.2) is 0 Å². The first-order chi connectivity index (χ1) is 8.29. The molecule has 0 amide bonds. The third-order valence-corrected chi connectivity index (χ3v) is 3.97. The summed E-state index contributed by atoms with van der Waals surface area (Å²) in [5.41, 5.74) is 0.177. The molecule has 0 radical (unpaired) electrons. The van der Waals surface area contributed by atoms with Gasteiger partial charge in [-0.2, -0.15) is 5.26 Å². The van der Waals surface area contributed by atoms with Crippen molar-refractivity contribution in [3.8, 4) is 5.40 Å². The summed E-state index contributed by atoms with van der Waals surface area (Å²) in [7, 11) is 2.02. The summed E-state index contributed by atoms with van der Waals surface area (Å²) in [5.74, 6) is 0. The standard InChI is InChI=1S/C13H23N3S/c1-3-4-5-6-7-8-9-16-11-10-15(2)13(16)17-12-14/h10-11,13H,3-9H2,1-2H3. The van der Waals surface area contributed by atoms with Crippen molar-refractivity contribution in [2.75, 3.05) is 13.6 Å². The van der Waals surface area contributed by atoms with Crippen molar-refractivity contribution in [3.05, 3.63) is 12.4 Å². The van der Waals surface area contributed by atoms with Crippen LogP contribution in [0.5, 0.6) is 0 Å². The lowest BCUT2D eigenvalue weighted by molar-refractivity contribution is 0.258. The van der Waals surface area contributed by atoms with Crippen molar-refractivity contribution in [3.63, 3.8) is 0 Å². The van der Waals surface area contributed by atoms with Gasteiger partial charge in [0.05, 0.1) is 0 Å². The highest BCUT2D eigenvalue weighted by molar-refractivity contribution is 8.04. The molecule has 0 aromatic heterocycles. The third kappa shape index (κ3) is 4.91. The number of unbranched alkanes of at least 4 members (excludes halogenated alkanes) is 5. The second kappa shape index (κ2) is 8.30. The lowest BCUT2D eigenvalue weighted by Gasteiger charge is -2.27. The number of thiocyanates is 1. The molecule has 96 valence electrons. The van der Waals surface area contributed by atoms with Crippen LogP contribution in [0.15, 0.2) is 12.4 Å². The smallest absolute Gasteiger partial charge is 0.163 e. The summed E-state index contributed by atoms with van der Waals surface area (Å²) in [4.78, 5) is 4.35. The first kappa shape index (κ1) is 14.2. The van der Waals surface area contributed by atoms with Crippen LogP contribution in [-0.2, 0) is 0 Å². The van der Waals surface area contributed by atoms with Crippen LogP contribution in [-0.4, -0.2) is 28.9 Å². The highest BCUT2D eigenvalue weighted by atomic mass is 32.2. The zero-order chi connectivity index (χ0) is 12.5. The maximum Gasteiger partial charge on any atom is 0.163 e. The summed E-state index contributed by atoms with van der Waals surface area (Å²) in [6.07, 6.45) is 12.1. The zero-order valence-corrected chi connectivity index (χ0v) is 11.7. The van der Waals surface area contributed by atoms with Crippen LogP contribution < -0.4 is 0 Å². The largest absolute Gasteiger partial charge is 0.350 e. The molecule has 1 atom stereocenters. The quantitative estimate of drug-likeness (QED) is 0.489. The second-order valence-corrected chi connectivity index (χ2v) is 5.34. The molecule has 0 aliphatic carbocycles. The Morgan fingerprint density at radius 2 is 1.88 bits per heavy atom. The molecule has 0 aromatic carbocycles. The van der Waals surface area contributed by atoms with Gasteiger partial charge in [-0.1, -0.05) is 39.0 Å². The molecule has 17 heavy (non-hydrogen) atoms. The van der Waals surface area contributed by atoms with E-state index in [1.807, 2.05) is 13.2 Å². The molecule has 0 saturated carbocycles. The van der Waals surface area contributed by atoms with E-state index in [1.165, 1.54) is 50.3 Å². The van der Waals surface area contributed by atoms with Crippen LogP contribution >= 0.6 is 11.8 Å². The number of thioether (sulfide) groups is 1. The second-order valence-electron chi connectivity index (χ2n) is 4.50. The molecule has 0 N–H and O–H groups in total. The van der Waals surface area contributed by atoms with Crippen molar-refractivity contribution in [2.24, 2.45) is 0 Å². The Morgan fingerprint density at radius 1 is 1.18 bits per heavy atom. The summed E-state index contributed by atoms with van der Waals surface area (Å²) < 4.78 is 0. The number of hydrogen-bond donors (Lipinski definition) is 0. The van der Waals surface area contributed by atoms with E-state index < -0.39 is 0 Å². The van der Waals surface area contributed by atoms with E-state index in [4.69, 9.17) is 5.26 Å². The van der Waals surface area contributed by atoms with Gasteiger partial charge in [0.1, 0.15) is 5.40 Å². The Bertz CT molecular complexity index is 272. The van der Waals surface area contributed by atoms with E-state index in [1.54, 1.807) is 0 Å². The molecule has 1 aliphatic heterocycles. The van der Waals surface area contributed by atoms with E-state index >= 15 is 0 Å².